The summed E-state index contributed by atoms with van der Waals surface area (Å²) < 4.78 is 1.52. The van der Waals surface area contributed by atoms with Crippen LogP contribution in [0.3, 0.4) is 0 Å². The molecule has 2 aromatic rings. The van der Waals surface area contributed by atoms with Crippen molar-refractivity contribution in [2.45, 2.75) is 0 Å². The molecule has 0 saturated carbocycles. The summed E-state index contributed by atoms with van der Waals surface area (Å²) in [5, 5.41) is 4.06. The zero-order valence-electron chi connectivity index (χ0n) is 7.16. The summed E-state index contributed by atoms with van der Waals surface area (Å²) >= 11 is 4.74. The molecule has 0 spiro atoms. The molecule has 0 aliphatic carbocycles. The van der Waals surface area contributed by atoms with E-state index in [1.165, 1.54) is 11.0 Å². The summed E-state index contributed by atoms with van der Waals surface area (Å²) in [5.41, 5.74) is 5.38. The van der Waals surface area contributed by atoms with Crippen molar-refractivity contribution in [3.63, 3.8) is 0 Å². The fourth-order valence-corrected chi connectivity index (χ4v) is 1.07. The molecule has 2 rings (SSSR count). The SMILES string of the molecule is NC(=S)c1ncn(-c2ccccn2)n1. The number of pyridine rings is 1. The first-order valence-electron chi connectivity index (χ1n) is 3.90. The molecule has 5 nitrogen and oxygen atoms in total. The van der Waals surface area contributed by atoms with E-state index >= 15 is 0 Å². The molecule has 0 saturated heterocycles. The van der Waals surface area contributed by atoms with Crippen LogP contribution in [0, 0.1) is 0 Å². The Balaban J connectivity index is 2.39. The first kappa shape index (κ1) is 8.76. The van der Waals surface area contributed by atoms with Crippen molar-refractivity contribution in [2.75, 3.05) is 0 Å². The fourth-order valence-electron chi connectivity index (χ4n) is 0.976. The Morgan fingerprint density at radius 1 is 1.36 bits per heavy atom. The molecule has 0 aliphatic rings. The van der Waals surface area contributed by atoms with Crippen LogP contribution < -0.4 is 5.73 Å². The molecule has 0 amide bonds. The zero-order chi connectivity index (χ0) is 9.97. The van der Waals surface area contributed by atoms with Gasteiger partial charge in [0.15, 0.2) is 5.82 Å². The number of rotatable bonds is 2. The lowest BCUT2D eigenvalue weighted by molar-refractivity contribution is 0.842. The van der Waals surface area contributed by atoms with Gasteiger partial charge < -0.3 is 5.73 Å². The van der Waals surface area contributed by atoms with Gasteiger partial charge in [0.25, 0.3) is 0 Å². The second-order valence-corrected chi connectivity index (χ2v) is 3.00. The van der Waals surface area contributed by atoms with E-state index in [0.29, 0.717) is 11.6 Å². The Morgan fingerprint density at radius 3 is 2.79 bits per heavy atom. The van der Waals surface area contributed by atoms with Gasteiger partial charge in [0, 0.05) is 6.20 Å². The maximum atomic E-state index is 5.38. The summed E-state index contributed by atoms with van der Waals surface area (Å²) in [7, 11) is 0. The monoisotopic (exact) mass is 205 g/mol. The van der Waals surface area contributed by atoms with Crippen molar-refractivity contribution in [1.82, 2.24) is 19.7 Å². The third-order valence-electron chi connectivity index (χ3n) is 1.60. The van der Waals surface area contributed by atoms with Gasteiger partial charge in [-0.25, -0.2) is 14.6 Å². The third kappa shape index (κ3) is 1.60. The number of nitrogens with zero attached hydrogens (tertiary/aromatic N) is 4. The Hall–Kier alpha value is -1.82. The van der Waals surface area contributed by atoms with Gasteiger partial charge in [0.1, 0.15) is 11.3 Å². The molecule has 0 fully saturated rings. The summed E-state index contributed by atoms with van der Waals surface area (Å²) in [6.45, 7) is 0. The summed E-state index contributed by atoms with van der Waals surface area (Å²) in [6.07, 6.45) is 3.20. The Morgan fingerprint density at radius 2 is 2.21 bits per heavy atom. The van der Waals surface area contributed by atoms with Crippen LogP contribution in [-0.4, -0.2) is 24.7 Å². The predicted molar refractivity (Wildman–Crippen MR) is 55.0 cm³/mol. The molecule has 0 aliphatic heterocycles. The largest absolute Gasteiger partial charge is 0.387 e. The van der Waals surface area contributed by atoms with Crippen molar-refractivity contribution < 1.29 is 0 Å². The van der Waals surface area contributed by atoms with E-state index in [9.17, 15) is 0 Å². The molecule has 0 aromatic carbocycles. The topological polar surface area (TPSA) is 69.6 Å². The van der Waals surface area contributed by atoms with Gasteiger partial charge in [-0.1, -0.05) is 18.3 Å². The summed E-state index contributed by atoms with van der Waals surface area (Å²) in [6, 6.07) is 5.51. The zero-order valence-corrected chi connectivity index (χ0v) is 7.98. The number of hydrogen-bond donors (Lipinski definition) is 1. The fraction of sp³-hybridized carbons (Fsp3) is 0. The van der Waals surface area contributed by atoms with Crippen molar-refractivity contribution in [1.29, 1.82) is 0 Å². The highest BCUT2D eigenvalue weighted by Crippen LogP contribution is 2.00. The molecule has 0 atom stereocenters. The average molecular weight is 205 g/mol. The van der Waals surface area contributed by atoms with E-state index in [2.05, 4.69) is 15.1 Å². The number of nitrogens with two attached hydrogens (primary N) is 1. The highest BCUT2D eigenvalue weighted by Gasteiger charge is 2.04. The van der Waals surface area contributed by atoms with Gasteiger partial charge in [-0.05, 0) is 12.1 Å². The first-order chi connectivity index (χ1) is 6.77. The number of aromatic nitrogens is 4. The number of thiocarbonyl (C=S) groups is 1. The highest BCUT2D eigenvalue weighted by atomic mass is 32.1. The maximum Gasteiger partial charge on any atom is 0.208 e. The standard InChI is InChI=1S/C8H7N5S/c9-7(14)8-11-5-13(12-8)6-3-1-2-4-10-6/h1-5H,(H2,9,14). The molecule has 0 bridgehead atoms. The van der Waals surface area contributed by atoms with Crippen LogP contribution in [0.25, 0.3) is 5.82 Å². The van der Waals surface area contributed by atoms with Crippen LogP contribution in [0.2, 0.25) is 0 Å². The van der Waals surface area contributed by atoms with Crippen molar-refractivity contribution in [3.05, 3.63) is 36.5 Å². The molecular weight excluding hydrogens is 198 g/mol. The highest BCUT2D eigenvalue weighted by molar-refractivity contribution is 7.80. The minimum atomic E-state index is 0.180. The average Bonchev–Trinajstić information content (AvgIpc) is 2.68. The van der Waals surface area contributed by atoms with Crippen LogP contribution in [0.4, 0.5) is 0 Å². The molecule has 14 heavy (non-hydrogen) atoms. The Kier molecular flexibility index (Phi) is 2.19. The van der Waals surface area contributed by atoms with Crippen LogP contribution in [0.15, 0.2) is 30.7 Å². The van der Waals surface area contributed by atoms with Gasteiger partial charge in [-0.15, -0.1) is 5.10 Å². The molecule has 2 heterocycles. The number of hydrogen-bond acceptors (Lipinski definition) is 4. The minimum Gasteiger partial charge on any atom is -0.387 e. The Bertz CT molecular complexity index is 450. The van der Waals surface area contributed by atoms with E-state index < -0.39 is 0 Å². The van der Waals surface area contributed by atoms with Gasteiger partial charge in [-0.3, -0.25) is 0 Å². The lowest BCUT2D eigenvalue weighted by atomic mass is 10.5. The molecule has 70 valence electrons. The van der Waals surface area contributed by atoms with E-state index in [0.717, 1.165) is 0 Å². The van der Waals surface area contributed by atoms with E-state index in [1.54, 1.807) is 6.20 Å². The van der Waals surface area contributed by atoms with Crippen LogP contribution in [0.5, 0.6) is 0 Å². The second-order valence-electron chi connectivity index (χ2n) is 2.56. The van der Waals surface area contributed by atoms with Gasteiger partial charge >= 0.3 is 0 Å². The van der Waals surface area contributed by atoms with E-state index in [1.807, 2.05) is 18.2 Å². The molecule has 0 radical (unpaired) electrons. The van der Waals surface area contributed by atoms with Crippen LogP contribution >= 0.6 is 12.2 Å². The lowest BCUT2D eigenvalue weighted by Gasteiger charge is -1.96. The third-order valence-corrected chi connectivity index (χ3v) is 1.78. The normalized spacial score (nSPS) is 10.0. The van der Waals surface area contributed by atoms with Crippen LogP contribution in [-0.2, 0) is 0 Å². The molecule has 2 N–H and O–H groups in total. The van der Waals surface area contributed by atoms with Crippen molar-refractivity contribution >= 4 is 17.2 Å². The first-order valence-corrected chi connectivity index (χ1v) is 4.31. The summed E-state index contributed by atoms with van der Waals surface area (Å²) in [5.74, 6) is 1.04. The predicted octanol–water partition coefficient (Wildman–Crippen LogP) is 0.297. The maximum absolute atomic E-state index is 5.38. The van der Waals surface area contributed by atoms with Gasteiger partial charge in [0.2, 0.25) is 5.82 Å². The summed E-state index contributed by atoms with van der Waals surface area (Å²) in [4.78, 5) is 8.22. The lowest BCUT2D eigenvalue weighted by Crippen LogP contribution is -2.12. The van der Waals surface area contributed by atoms with Gasteiger partial charge in [0.05, 0.1) is 0 Å². The van der Waals surface area contributed by atoms with E-state index in [4.69, 9.17) is 18.0 Å². The molecule has 0 unspecified atom stereocenters. The van der Waals surface area contributed by atoms with Gasteiger partial charge in [-0.2, -0.15) is 0 Å². The van der Waals surface area contributed by atoms with Crippen molar-refractivity contribution in [2.24, 2.45) is 5.73 Å². The smallest absolute Gasteiger partial charge is 0.208 e. The second kappa shape index (κ2) is 3.51. The van der Waals surface area contributed by atoms with E-state index in [-0.39, 0.29) is 4.99 Å². The Labute approximate surface area is 85.6 Å². The molecule has 6 heteroatoms. The van der Waals surface area contributed by atoms with Crippen molar-refractivity contribution in [3.8, 4) is 5.82 Å². The van der Waals surface area contributed by atoms with Crippen LogP contribution in [0.1, 0.15) is 5.82 Å². The quantitative estimate of drug-likeness (QED) is 0.714. The molecular formula is C8H7N5S. The minimum absolute atomic E-state index is 0.180. The molecule has 2 aromatic heterocycles.